The summed E-state index contributed by atoms with van der Waals surface area (Å²) in [5.41, 5.74) is 9.26. The van der Waals surface area contributed by atoms with Crippen LogP contribution >= 0.6 is 11.3 Å². The molecule has 0 bridgehead atoms. The van der Waals surface area contributed by atoms with Gasteiger partial charge in [0.1, 0.15) is 21.4 Å². The lowest BCUT2D eigenvalue weighted by Crippen LogP contribution is -1.97. The number of pyridine rings is 1. The minimum atomic E-state index is -0.792. The van der Waals surface area contributed by atoms with Crippen molar-refractivity contribution in [1.82, 2.24) is 25.3 Å². The number of hydrogen-bond donors (Lipinski definition) is 1. The van der Waals surface area contributed by atoms with Gasteiger partial charge in [-0.3, -0.25) is 10.5 Å². The number of amides is 1. The molecule has 3 heterocycles. The fourth-order valence-corrected chi connectivity index (χ4v) is 2.64. The summed E-state index contributed by atoms with van der Waals surface area (Å²) in [6.07, 6.45) is 1.67. The highest BCUT2D eigenvalue weighted by Crippen LogP contribution is 2.30. The molecule has 0 fully saturated rings. The number of aromatic nitrogens is 4. The molecule has 0 aliphatic heterocycles. The van der Waals surface area contributed by atoms with Crippen LogP contribution in [0.2, 0.25) is 0 Å². The summed E-state index contributed by atoms with van der Waals surface area (Å²) in [6, 6.07) is 0. The quantitative estimate of drug-likeness (QED) is 0.743. The van der Waals surface area contributed by atoms with Crippen molar-refractivity contribution in [3.05, 3.63) is 11.3 Å². The molecule has 0 unspecified atom stereocenters. The first kappa shape index (κ1) is 10.9. The second-order valence-corrected chi connectivity index (χ2v) is 4.74. The Hall–Kier alpha value is -2.22. The maximum Gasteiger partial charge on any atom is 0.298 e. The van der Waals surface area contributed by atoms with E-state index < -0.39 is 5.91 Å². The molecule has 0 aliphatic rings. The predicted molar refractivity (Wildman–Crippen MR) is 68.7 cm³/mol. The minimum absolute atomic E-state index is 0.147. The van der Waals surface area contributed by atoms with Gasteiger partial charge in [-0.25, -0.2) is 15.0 Å². The van der Waals surface area contributed by atoms with E-state index in [1.54, 1.807) is 13.4 Å². The third-order valence-corrected chi connectivity index (χ3v) is 3.59. The Morgan fingerprint density at radius 3 is 2.89 bits per heavy atom. The zero-order valence-corrected chi connectivity index (χ0v) is 10.5. The average molecular weight is 261 g/mol. The third-order valence-electron chi connectivity index (χ3n) is 2.64. The van der Waals surface area contributed by atoms with Crippen LogP contribution in [0.3, 0.4) is 0 Å². The van der Waals surface area contributed by atoms with Crippen LogP contribution in [-0.2, 0) is 7.05 Å². The number of anilines is 1. The second kappa shape index (κ2) is 3.64. The van der Waals surface area contributed by atoms with Crippen molar-refractivity contribution in [1.29, 1.82) is 0 Å². The van der Waals surface area contributed by atoms with Gasteiger partial charge in [-0.05, 0) is 0 Å². The highest BCUT2D eigenvalue weighted by molar-refractivity contribution is 7.20. The van der Waals surface area contributed by atoms with Crippen LogP contribution in [0.5, 0.6) is 0 Å². The SMILES string of the molecule is CNc1nc2sc(C([NH])=O)nc2c2c1ncn2C. The van der Waals surface area contributed by atoms with Crippen LogP contribution < -0.4 is 11.1 Å². The van der Waals surface area contributed by atoms with Gasteiger partial charge in [-0.1, -0.05) is 11.3 Å². The number of thiazole rings is 1. The largest absolute Gasteiger partial charge is 0.371 e. The molecule has 0 saturated carbocycles. The Labute approximate surface area is 106 Å². The Morgan fingerprint density at radius 1 is 1.44 bits per heavy atom. The molecule has 0 atom stereocenters. The zero-order chi connectivity index (χ0) is 12.9. The summed E-state index contributed by atoms with van der Waals surface area (Å²) >= 11 is 1.12. The van der Waals surface area contributed by atoms with Crippen molar-refractivity contribution in [2.45, 2.75) is 0 Å². The molecule has 3 aromatic heterocycles. The molecular formula is C10H9N6OS. The molecule has 18 heavy (non-hydrogen) atoms. The van der Waals surface area contributed by atoms with Crippen molar-refractivity contribution < 1.29 is 4.79 Å². The summed E-state index contributed by atoms with van der Waals surface area (Å²) < 4.78 is 1.83. The normalized spacial score (nSPS) is 11.2. The minimum Gasteiger partial charge on any atom is -0.371 e. The van der Waals surface area contributed by atoms with E-state index in [4.69, 9.17) is 5.73 Å². The number of nitrogens with zero attached hydrogens (tertiary/aromatic N) is 4. The number of hydrogen-bond acceptors (Lipinski definition) is 6. The van der Waals surface area contributed by atoms with E-state index >= 15 is 0 Å². The van der Waals surface area contributed by atoms with Gasteiger partial charge in [0, 0.05) is 14.1 Å². The van der Waals surface area contributed by atoms with Crippen molar-refractivity contribution in [2.75, 3.05) is 12.4 Å². The molecule has 3 aromatic rings. The van der Waals surface area contributed by atoms with Gasteiger partial charge in [0.2, 0.25) is 0 Å². The van der Waals surface area contributed by atoms with Gasteiger partial charge in [0.15, 0.2) is 10.8 Å². The van der Waals surface area contributed by atoms with Crippen LogP contribution in [0.1, 0.15) is 9.80 Å². The first-order chi connectivity index (χ1) is 8.61. The Bertz CT molecular complexity index is 773. The van der Waals surface area contributed by atoms with E-state index in [0.29, 0.717) is 21.7 Å². The lowest BCUT2D eigenvalue weighted by Gasteiger charge is -2.01. The van der Waals surface area contributed by atoms with Crippen molar-refractivity contribution >= 4 is 44.4 Å². The lowest BCUT2D eigenvalue weighted by atomic mass is 10.3. The summed E-state index contributed by atoms with van der Waals surface area (Å²) in [6.45, 7) is 0. The molecule has 8 heteroatoms. The number of aryl methyl sites for hydroxylation is 1. The Balaban J connectivity index is 2.49. The maximum atomic E-state index is 11.1. The maximum absolute atomic E-state index is 11.1. The first-order valence-corrected chi connectivity index (χ1v) is 5.98. The number of carbonyl (C=O) groups excluding carboxylic acids is 1. The van der Waals surface area contributed by atoms with Crippen LogP contribution in [0, 0.1) is 0 Å². The Kier molecular flexibility index (Phi) is 2.20. The summed E-state index contributed by atoms with van der Waals surface area (Å²) in [5, 5.41) is 3.12. The monoisotopic (exact) mass is 261 g/mol. The van der Waals surface area contributed by atoms with Gasteiger partial charge < -0.3 is 9.88 Å². The second-order valence-electron chi connectivity index (χ2n) is 3.76. The van der Waals surface area contributed by atoms with E-state index in [1.807, 2.05) is 11.6 Å². The molecule has 0 saturated heterocycles. The molecule has 0 aliphatic carbocycles. The van der Waals surface area contributed by atoms with E-state index in [2.05, 4.69) is 20.3 Å². The fraction of sp³-hybridized carbons (Fsp3) is 0.200. The van der Waals surface area contributed by atoms with Gasteiger partial charge in [0.05, 0.1) is 6.33 Å². The van der Waals surface area contributed by atoms with Crippen LogP contribution in [-0.4, -0.2) is 32.5 Å². The molecule has 7 nitrogen and oxygen atoms in total. The van der Waals surface area contributed by atoms with Crippen molar-refractivity contribution in [2.24, 2.45) is 7.05 Å². The number of nitrogens with one attached hydrogen (secondary N) is 2. The lowest BCUT2D eigenvalue weighted by molar-refractivity contribution is 0.0992. The van der Waals surface area contributed by atoms with Crippen LogP contribution in [0.15, 0.2) is 6.33 Å². The summed E-state index contributed by atoms with van der Waals surface area (Å²) in [4.78, 5) is 24.5. The molecule has 91 valence electrons. The van der Waals surface area contributed by atoms with Gasteiger partial charge >= 0.3 is 0 Å². The Morgan fingerprint density at radius 2 is 2.22 bits per heavy atom. The highest BCUT2D eigenvalue weighted by Gasteiger charge is 2.18. The number of rotatable bonds is 2. The third kappa shape index (κ3) is 1.35. The molecule has 1 amide bonds. The molecule has 3 rings (SSSR count). The van der Waals surface area contributed by atoms with Gasteiger partial charge in [0.25, 0.3) is 5.91 Å². The van der Waals surface area contributed by atoms with Gasteiger partial charge in [-0.2, -0.15) is 0 Å². The molecule has 1 radical (unpaired) electrons. The topological polar surface area (TPSA) is 96.5 Å². The fourth-order valence-electron chi connectivity index (χ4n) is 1.85. The van der Waals surface area contributed by atoms with Crippen LogP contribution in [0.25, 0.3) is 21.4 Å². The number of imidazole rings is 1. The van der Waals surface area contributed by atoms with Gasteiger partial charge in [-0.15, -0.1) is 0 Å². The number of carbonyl (C=O) groups is 1. The molecule has 0 spiro atoms. The standard InChI is InChI=1S/C10H9N6OS/c1-12-8-4-6(16(2)3-13-4)5-9(15-8)18-10(14-5)7(11)17/h3,11H,1-2H3,(H,12,15). The van der Waals surface area contributed by atoms with E-state index in [1.165, 1.54) is 0 Å². The van der Waals surface area contributed by atoms with Crippen LogP contribution in [0.4, 0.5) is 5.82 Å². The molecule has 0 aromatic carbocycles. The summed E-state index contributed by atoms with van der Waals surface area (Å²) in [5.74, 6) is -0.148. The van der Waals surface area contributed by atoms with Crippen molar-refractivity contribution in [3.63, 3.8) is 0 Å². The van der Waals surface area contributed by atoms with E-state index in [0.717, 1.165) is 16.9 Å². The van der Waals surface area contributed by atoms with E-state index in [9.17, 15) is 4.79 Å². The predicted octanol–water partition coefficient (Wildman–Crippen LogP) is 1.04. The summed E-state index contributed by atoms with van der Waals surface area (Å²) in [7, 11) is 3.62. The zero-order valence-electron chi connectivity index (χ0n) is 9.68. The van der Waals surface area contributed by atoms with Crippen molar-refractivity contribution in [3.8, 4) is 0 Å². The molecule has 2 N–H and O–H groups in total. The smallest absolute Gasteiger partial charge is 0.298 e. The van der Waals surface area contributed by atoms with E-state index in [-0.39, 0.29) is 5.01 Å². The average Bonchev–Trinajstić information content (AvgIpc) is 2.91. The highest BCUT2D eigenvalue weighted by atomic mass is 32.1. The molecular weight excluding hydrogens is 252 g/mol. The number of fused-ring (bicyclic) bond motifs is 3. The first-order valence-electron chi connectivity index (χ1n) is 5.17.